The van der Waals surface area contributed by atoms with Gasteiger partial charge in [0.1, 0.15) is 0 Å². The minimum atomic E-state index is -0.152. The van der Waals surface area contributed by atoms with Gasteiger partial charge in [-0.1, -0.05) is 57.0 Å². The topological polar surface area (TPSA) is 56.7 Å². The van der Waals surface area contributed by atoms with Crippen molar-refractivity contribution >= 4 is 59.0 Å². The van der Waals surface area contributed by atoms with E-state index < -0.39 is 0 Å². The summed E-state index contributed by atoms with van der Waals surface area (Å²) in [5, 5.41) is 7.95. The van der Waals surface area contributed by atoms with Gasteiger partial charge in [0.15, 0.2) is 5.96 Å². The van der Waals surface area contributed by atoms with Crippen molar-refractivity contribution in [3.63, 3.8) is 0 Å². The number of carbonyl (C=O) groups is 1. The Balaban J connectivity index is 0.00000392. The Morgan fingerprint density at radius 1 is 1.32 bits per heavy atom. The molecule has 5 nitrogen and oxygen atoms in total. The Hall–Kier alpha value is -0.730. The number of nitrogens with one attached hydrogen (secondary N) is 2. The first-order chi connectivity index (χ1) is 12.6. The van der Waals surface area contributed by atoms with Crippen LogP contribution in [0.15, 0.2) is 23.2 Å². The summed E-state index contributed by atoms with van der Waals surface area (Å²) in [6.07, 6.45) is 0.926. The predicted octanol–water partition coefficient (Wildman–Crippen LogP) is 4.31. The van der Waals surface area contributed by atoms with Gasteiger partial charge in [-0.15, -0.1) is 24.0 Å². The van der Waals surface area contributed by atoms with Crippen molar-refractivity contribution in [3.05, 3.63) is 33.8 Å². The summed E-state index contributed by atoms with van der Waals surface area (Å²) < 4.78 is 0. The van der Waals surface area contributed by atoms with Gasteiger partial charge in [-0.05, 0) is 24.1 Å². The number of hydrogen-bond donors (Lipinski definition) is 2. The normalized spacial score (nSPS) is 17.5. The number of nitrogens with zero attached hydrogens (tertiary/aromatic N) is 2. The zero-order valence-corrected chi connectivity index (χ0v) is 21.0. The zero-order chi connectivity index (χ0) is 20.2. The van der Waals surface area contributed by atoms with Crippen molar-refractivity contribution < 1.29 is 4.79 Å². The molecule has 1 fully saturated rings. The molecule has 1 amide bonds. The van der Waals surface area contributed by atoms with Crippen LogP contribution in [-0.4, -0.2) is 49.5 Å². The van der Waals surface area contributed by atoms with Crippen LogP contribution in [0.25, 0.3) is 0 Å². The van der Waals surface area contributed by atoms with E-state index in [-0.39, 0.29) is 47.3 Å². The minimum absolute atomic E-state index is 0. The van der Waals surface area contributed by atoms with E-state index >= 15 is 0 Å². The Labute approximate surface area is 195 Å². The quantitative estimate of drug-likeness (QED) is 0.332. The monoisotopic (exact) mass is 540 g/mol. The first kappa shape index (κ1) is 25.3. The summed E-state index contributed by atoms with van der Waals surface area (Å²) in [5.74, 6) is 0.989. The van der Waals surface area contributed by atoms with Crippen molar-refractivity contribution in [3.8, 4) is 0 Å². The lowest BCUT2D eigenvalue weighted by atomic mass is 9.84. The standard InChI is InChI=1S/C20H30Cl2N4O.HI/c1-13(2)18(27)26-9-8-15(11-26)25-19(23-5)24-12-20(3,4)14-6-7-16(21)17(22)10-14;/h6-7,10,13,15H,8-9,11-12H2,1-5H3,(H2,23,24,25);1H. The van der Waals surface area contributed by atoms with E-state index in [1.54, 1.807) is 7.05 Å². The van der Waals surface area contributed by atoms with Crippen LogP contribution < -0.4 is 10.6 Å². The summed E-state index contributed by atoms with van der Waals surface area (Å²) in [5.41, 5.74) is 0.954. The molecule has 0 aromatic heterocycles. The maximum absolute atomic E-state index is 12.1. The van der Waals surface area contributed by atoms with Crippen LogP contribution in [-0.2, 0) is 10.2 Å². The van der Waals surface area contributed by atoms with Crippen molar-refractivity contribution in [2.45, 2.75) is 45.6 Å². The predicted molar refractivity (Wildman–Crippen MR) is 129 cm³/mol. The molecule has 1 aromatic rings. The molecule has 1 atom stereocenters. The lowest BCUT2D eigenvalue weighted by Crippen LogP contribution is -2.48. The number of hydrogen-bond acceptors (Lipinski definition) is 2. The lowest BCUT2D eigenvalue weighted by molar-refractivity contribution is -0.133. The number of aliphatic imine (C=N–C) groups is 1. The van der Waals surface area contributed by atoms with Gasteiger partial charge in [-0.25, -0.2) is 0 Å². The Morgan fingerprint density at radius 2 is 2.00 bits per heavy atom. The second-order valence-corrected chi connectivity index (χ2v) is 8.82. The fourth-order valence-corrected chi connectivity index (χ4v) is 3.45. The first-order valence-corrected chi connectivity index (χ1v) is 10.1. The molecular formula is C20H31Cl2IN4O. The molecule has 1 saturated heterocycles. The van der Waals surface area contributed by atoms with E-state index in [0.29, 0.717) is 23.1 Å². The van der Waals surface area contributed by atoms with E-state index in [1.807, 2.05) is 36.9 Å². The maximum Gasteiger partial charge on any atom is 0.225 e. The van der Waals surface area contributed by atoms with E-state index in [2.05, 4.69) is 29.5 Å². The number of benzene rings is 1. The zero-order valence-electron chi connectivity index (χ0n) is 17.2. The SMILES string of the molecule is CN=C(NCC(C)(C)c1ccc(Cl)c(Cl)c1)NC1CCN(C(=O)C(C)C)C1.I. The molecule has 1 aromatic carbocycles. The largest absolute Gasteiger partial charge is 0.356 e. The number of likely N-dealkylation sites (tertiary alicyclic amines) is 1. The third kappa shape index (κ3) is 6.66. The molecule has 0 saturated carbocycles. The molecular weight excluding hydrogens is 510 g/mol. The smallest absolute Gasteiger partial charge is 0.225 e. The molecule has 0 radical (unpaired) electrons. The van der Waals surface area contributed by atoms with Crippen molar-refractivity contribution in [1.29, 1.82) is 0 Å². The summed E-state index contributed by atoms with van der Waals surface area (Å²) in [7, 11) is 1.76. The maximum atomic E-state index is 12.1. The average Bonchev–Trinajstić information content (AvgIpc) is 3.08. The second kappa shape index (κ2) is 10.9. The van der Waals surface area contributed by atoms with E-state index in [0.717, 1.165) is 24.5 Å². The van der Waals surface area contributed by atoms with Crippen LogP contribution in [0.3, 0.4) is 0 Å². The molecule has 0 aliphatic carbocycles. The highest BCUT2D eigenvalue weighted by Crippen LogP contribution is 2.29. The molecule has 8 heteroatoms. The molecule has 1 aliphatic rings. The number of halogens is 3. The van der Waals surface area contributed by atoms with Gasteiger partial charge in [0.2, 0.25) is 5.91 Å². The highest BCUT2D eigenvalue weighted by atomic mass is 127. The number of amides is 1. The summed E-state index contributed by atoms with van der Waals surface area (Å²) in [6.45, 7) is 10.4. The van der Waals surface area contributed by atoms with Crippen molar-refractivity contribution in [2.75, 3.05) is 26.7 Å². The van der Waals surface area contributed by atoms with Gasteiger partial charge < -0.3 is 15.5 Å². The van der Waals surface area contributed by atoms with Gasteiger partial charge in [-0.2, -0.15) is 0 Å². The fraction of sp³-hybridized carbons (Fsp3) is 0.600. The van der Waals surface area contributed by atoms with Gasteiger partial charge in [0.25, 0.3) is 0 Å². The second-order valence-electron chi connectivity index (χ2n) is 8.01. The summed E-state index contributed by atoms with van der Waals surface area (Å²) >= 11 is 12.2. The van der Waals surface area contributed by atoms with Crippen molar-refractivity contribution in [1.82, 2.24) is 15.5 Å². The van der Waals surface area contributed by atoms with E-state index in [1.165, 1.54) is 0 Å². The van der Waals surface area contributed by atoms with E-state index in [4.69, 9.17) is 23.2 Å². The summed E-state index contributed by atoms with van der Waals surface area (Å²) in [4.78, 5) is 18.4. The average molecular weight is 541 g/mol. The number of rotatable bonds is 5. The van der Waals surface area contributed by atoms with Crippen molar-refractivity contribution in [2.24, 2.45) is 10.9 Å². The third-order valence-electron chi connectivity index (χ3n) is 4.96. The van der Waals surface area contributed by atoms with Crippen LogP contribution in [0, 0.1) is 5.92 Å². The van der Waals surface area contributed by atoms with Gasteiger partial charge in [0.05, 0.1) is 10.0 Å². The molecule has 2 rings (SSSR count). The lowest BCUT2D eigenvalue weighted by Gasteiger charge is -2.28. The third-order valence-corrected chi connectivity index (χ3v) is 5.70. The molecule has 28 heavy (non-hydrogen) atoms. The minimum Gasteiger partial charge on any atom is -0.356 e. The summed E-state index contributed by atoms with van der Waals surface area (Å²) in [6, 6.07) is 5.95. The molecule has 1 heterocycles. The first-order valence-electron chi connectivity index (χ1n) is 9.35. The molecule has 2 N–H and O–H groups in total. The van der Waals surface area contributed by atoms with Crippen LogP contribution in [0.4, 0.5) is 0 Å². The van der Waals surface area contributed by atoms with E-state index in [9.17, 15) is 4.79 Å². The Morgan fingerprint density at radius 3 is 2.57 bits per heavy atom. The van der Waals surface area contributed by atoms with Gasteiger partial charge in [0, 0.05) is 44.1 Å². The molecule has 158 valence electrons. The fourth-order valence-electron chi connectivity index (χ4n) is 3.16. The number of carbonyl (C=O) groups excluding carboxylic acids is 1. The van der Waals surface area contributed by atoms with Crippen LogP contribution in [0.2, 0.25) is 10.0 Å². The van der Waals surface area contributed by atoms with Crippen LogP contribution >= 0.6 is 47.2 Å². The Bertz CT molecular complexity index is 709. The van der Waals surface area contributed by atoms with Gasteiger partial charge >= 0.3 is 0 Å². The molecule has 1 aliphatic heterocycles. The highest BCUT2D eigenvalue weighted by Gasteiger charge is 2.28. The highest BCUT2D eigenvalue weighted by molar-refractivity contribution is 14.0. The molecule has 0 spiro atoms. The molecule has 1 unspecified atom stereocenters. The number of guanidine groups is 1. The Kier molecular flexibility index (Phi) is 9.83. The molecule has 0 bridgehead atoms. The van der Waals surface area contributed by atoms with Crippen LogP contribution in [0.5, 0.6) is 0 Å². The van der Waals surface area contributed by atoms with Gasteiger partial charge in [-0.3, -0.25) is 9.79 Å². The van der Waals surface area contributed by atoms with Crippen LogP contribution in [0.1, 0.15) is 39.7 Å².